The Bertz CT molecular complexity index is 668. The van der Waals surface area contributed by atoms with E-state index in [4.69, 9.17) is 4.74 Å². The molecule has 1 amide bonds. The Kier molecular flexibility index (Phi) is 4.55. The van der Waals surface area contributed by atoms with Gasteiger partial charge in [0.2, 0.25) is 5.88 Å². The zero-order valence-corrected chi connectivity index (χ0v) is 13.5. The molecule has 0 saturated carbocycles. The number of carbonyl (C=O) groups is 1. The van der Waals surface area contributed by atoms with Crippen LogP contribution in [0, 0.1) is 6.92 Å². The SMILES string of the molecule is Cc1ccc(Oc2ccc(C(=O)N3CCCCC3C)cc2)nn1. The molecule has 2 heterocycles. The summed E-state index contributed by atoms with van der Waals surface area (Å²) in [6, 6.07) is 11.1. The number of nitrogens with zero attached hydrogens (tertiary/aromatic N) is 3. The molecule has 0 radical (unpaired) electrons. The molecular formula is C18H21N3O2. The fourth-order valence-electron chi connectivity index (χ4n) is 2.79. The smallest absolute Gasteiger partial charge is 0.254 e. The average Bonchev–Trinajstić information content (AvgIpc) is 2.57. The molecule has 1 aliphatic rings. The number of carbonyl (C=O) groups excluding carboxylic acids is 1. The number of aryl methyl sites for hydroxylation is 1. The number of piperidine rings is 1. The standard InChI is InChI=1S/C18H21N3O2/c1-13-6-11-17(20-19-13)23-16-9-7-15(8-10-16)18(22)21-12-4-3-5-14(21)2/h6-11,14H,3-5,12H2,1-2H3. The average molecular weight is 311 g/mol. The van der Waals surface area contributed by atoms with Crippen molar-refractivity contribution in [2.45, 2.75) is 39.2 Å². The van der Waals surface area contributed by atoms with Gasteiger partial charge < -0.3 is 9.64 Å². The van der Waals surface area contributed by atoms with Crippen LogP contribution in [0.4, 0.5) is 0 Å². The molecule has 120 valence electrons. The Morgan fingerprint density at radius 2 is 1.91 bits per heavy atom. The van der Waals surface area contributed by atoms with Gasteiger partial charge in [0.15, 0.2) is 0 Å². The van der Waals surface area contributed by atoms with Gasteiger partial charge >= 0.3 is 0 Å². The monoisotopic (exact) mass is 311 g/mol. The van der Waals surface area contributed by atoms with Gasteiger partial charge in [-0.05, 0) is 63.4 Å². The van der Waals surface area contributed by atoms with Crippen LogP contribution < -0.4 is 4.74 Å². The summed E-state index contributed by atoms with van der Waals surface area (Å²) in [6.07, 6.45) is 3.37. The number of amides is 1. The van der Waals surface area contributed by atoms with Gasteiger partial charge in [0, 0.05) is 24.2 Å². The number of hydrogen-bond acceptors (Lipinski definition) is 4. The Hall–Kier alpha value is -2.43. The molecule has 1 fully saturated rings. The lowest BCUT2D eigenvalue weighted by molar-refractivity contribution is 0.0635. The molecule has 1 aromatic heterocycles. The number of aromatic nitrogens is 2. The van der Waals surface area contributed by atoms with Gasteiger partial charge in [-0.2, -0.15) is 5.10 Å². The normalized spacial score (nSPS) is 17.8. The minimum absolute atomic E-state index is 0.0962. The summed E-state index contributed by atoms with van der Waals surface area (Å²) in [5.74, 6) is 1.18. The lowest BCUT2D eigenvalue weighted by atomic mass is 10.0. The van der Waals surface area contributed by atoms with Crippen LogP contribution in [0.3, 0.4) is 0 Å². The Morgan fingerprint density at radius 1 is 1.13 bits per heavy atom. The minimum Gasteiger partial charge on any atom is -0.438 e. The number of rotatable bonds is 3. The summed E-state index contributed by atoms with van der Waals surface area (Å²) >= 11 is 0. The highest BCUT2D eigenvalue weighted by Gasteiger charge is 2.24. The van der Waals surface area contributed by atoms with Crippen molar-refractivity contribution in [1.29, 1.82) is 0 Å². The van der Waals surface area contributed by atoms with Crippen LogP contribution in [0.15, 0.2) is 36.4 Å². The topological polar surface area (TPSA) is 55.3 Å². The molecule has 1 unspecified atom stereocenters. The molecule has 3 rings (SSSR count). The second-order valence-electron chi connectivity index (χ2n) is 5.98. The van der Waals surface area contributed by atoms with Crippen molar-refractivity contribution in [2.24, 2.45) is 0 Å². The molecular weight excluding hydrogens is 290 g/mol. The maximum absolute atomic E-state index is 12.6. The Morgan fingerprint density at radius 3 is 2.57 bits per heavy atom. The van der Waals surface area contributed by atoms with Crippen LogP contribution in [-0.2, 0) is 0 Å². The van der Waals surface area contributed by atoms with Crippen molar-refractivity contribution in [3.05, 3.63) is 47.7 Å². The van der Waals surface area contributed by atoms with E-state index in [9.17, 15) is 4.79 Å². The van der Waals surface area contributed by atoms with Gasteiger partial charge in [0.05, 0.1) is 5.69 Å². The zero-order chi connectivity index (χ0) is 16.2. The van der Waals surface area contributed by atoms with E-state index in [0.717, 1.165) is 25.1 Å². The first-order chi connectivity index (χ1) is 11.1. The molecule has 5 heteroatoms. The second-order valence-corrected chi connectivity index (χ2v) is 5.98. The van der Waals surface area contributed by atoms with Crippen LogP contribution in [0.25, 0.3) is 0 Å². The third-order valence-corrected chi connectivity index (χ3v) is 4.16. The predicted octanol–water partition coefficient (Wildman–Crippen LogP) is 3.59. The highest BCUT2D eigenvalue weighted by atomic mass is 16.5. The van der Waals surface area contributed by atoms with E-state index >= 15 is 0 Å². The van der Waals surface area contributed by atoms with Crippen LogP contribution in [0.2, 0.25) is 0 Å². The number of benzene rings is 1. The molecule has 0 N–H and O–H groups in total. The maximum Gasteiger partial charge on any atom is 0.254 e. The lowest BCUT2D eigenvalue weighted by Gasteiger charge is -2.33. The highest BCUT2D eigenvalue weighted by molar-refractivity contribution is 5.94. The maximum atomic E-state index is 12.6. The summed E-state index contributed by atoms with van der Waals surface area (Å²) in [7, 11) is 0. The van der Waals surface area contributed by atoms with E-state index in [-0.39, 0.29) is 5.91 Å². The van der Waals surface area contributed by atoms with Crippen molar-refractivity contribution >= 4 is 5.91 Å². The van der Waals surface area contributed by atoms with Gasteiger partial charge in [0.1, 0.15) is 5.75 Å². The molecule has 0 spiro atoms. The lowest BCUT2D eigenvalue weighted by Crippen LogP contribution is -2.41. The van der Waals surface area contributed by atoms with Crippen LogP contribution in [0.5, 0.6) is 11.6 Å². The van der Waals surface area contributed by atoms with Gasteiger partial charge in [-0.15, -0.1) is 5.10 Å². The van der Waals surface area contributed by atoms with Gasteiger partial charge in [-0.3, -0.25) is 4.79 Å². The Balaban J connectivity index is 1.69. The molecule has 5 nitrogen and oxygen atoms in total. The van der Waals surface area contributed by atoms with E-state index in [0.29, 0.717) is 23.2 Å². The number of ether oxygens (including phenoxy) is 1. The third kappa shape index (κ3) is 3.67. The summed E-state index contributed by atoms with van der Waals surface area (Å²) in [5, 5.41) is 7.92. The van der Waals surface area contributed by atoms with Crippen LogP contribution in [0.1, 0.15) is 42.2 Å². The fraction of sp³-hybridized carbons (Fsp3) is 0.389. The Labute approximate surface area is 136 Å². The van der Waals surface area contributed by atoms with Crippen LogP contribution >= 0.6 is 0 Å². The van der Waals surface area contributed by atoms with Crippen molar-refractivity contribution in [2.75, 3.05) is 6.54 Å². The predicted molar refractivity (Wildman–Crippen MR) is 87.6 cm³/mol. The van der Waals surface area contributed by atoms with Crippen molar-refractivity contribution in [3.8, 4) is 11.6 Å². The molecule has 23 heavy (non-hydrogen) atoms. The molecule has 2 aromatic rings. The fourth-order valence-corrected chi connectivity index (χ4v) is 2.79. The summed E-state index contributed by atoms with van der Waals surface area (Å²) in [6.45, 7) is 4.83. The largest absolute Gasteiger partial charge is 0.438 e. The molecule has 0 aliphatic carbocycles. The minimum atomic E-state index is 0.0962. The van der Waals surface area contributed by atoms with Gasteiger partial charge in [-0.1, -0.05) is 0 Å². The van der Waals surface area contributed by atoms with E-state index in [1.807, 2.05) is 17.9 Å². The van der Waals surface area contributed by atoms with Gasteiger partial charge in [-0.25, -0.2) is 0 Å². The van der Waals surface area contributed by atoms with E-state index in [1.54, 1.807) is 30.3 Å². The van der Waals surface area contributed by atoms with Crippen molar-refractivity contribution in [3.63, 3.8) is 0 Å². The van der Waals surface area contributed by atoms with E-state index in [2.05, 4.69) is 17.1 Å². The summed E-state index contributed by atoms with van der Waals surface area (Å²) in [4.78, 5) is 14.5. The third-order valence-electron chi connectivity index (χ3n) is 4.16. The first kappa shape index (κ1) is 15.5. The molecule has 1 aromatic carbocycles. The van der Waals surface area contributed by atoms with E-state index in [1.165, 1.54) is 6.42 Å². The summed E-state index contributed by atoms with van der Waals surface area (Å²) < 4.78 is 5.64. The van der Waals surface area contributed by atoms with E-state index < -0.39 is 0 Å². The van der Waals surface area contributed by atoms with Gasteiger partial charge in [0.25, 0.3) is 5.91 Å². The number of hydrogen-bond donors (Lipinski definition) is 0. The summed E-state index contributed by atoms with van der Waals surface area (Å²) in [5.41, 5.74) is 1.54. The molecule has 1 atom stereocenters. The highest BCUT2D eigenvalue weighted by Crippen LogP contribution is 2.22. The molecule has 0 bridgehead atoms. The van der Waals surface area contributed by atoms with Crippen LogP contribution in [-0.4, -0.2) is 33.6 Å². The molecule has 1 saturated heterocycles. The quantitative estimate of drug-likeness (QED) is 0.869. The molecule has 1 aliphatic heterocycles. The first-order valence-electron chi connectivity index (χ1n) is 8.03. The van der Waals surface area contributed by atoms with Crippen molar-refractivity contribution < 1.29 is 9.53 Å². The number of likely N-dealkylation sites (tertiary alicyclic amines) is 1. The first-order valence-corrected chi connectivity index (χ1v) is 8.03. The van der Waals surface area contributed by atoms with Crippen molar-refractivity contribution in [1.82, 2.24) is 15.1 Å². The second kappa shape index (κ2) is 6.77. The zero-order valence-electron chi connectivity index (χ0n) is 13.5.